The van der Waals surface area contributed by atoms with Crippen LogP contribution in [0.1, 0.15) is 30.9 Å². The maximum atomic E-state index is 15.1. The fourth-order valence-corrected chi connectivity index (χ4v) is 6.37. The smallest absolute Gasteiger partial charge is 0.350 e. The van der Waals surface area contributed by atoms with Crippen molar-refractivity contribution in [2.24, 2.45) is 0 Å². The number of piperazine rings is 1. The molecule has 11 heteroatoms. The number of rotatable bonds is 7. The molecule has 6 rings (SSSR count). The highest BCUT2D eigenvalue weighted by Gasteiger charge is 2.35. The summed E-state index contributed by atoms with van der Waals surface area (Å²) in [5.74, 6) is -0.851. The molecular formula is C31H32F2N6O3. The van der Waals surface area contributed by atoms with E-state index in [1.54, 1.807) is 9.47 Å². The fourth-order valence-electron chi connectivity index (χ4n) is 6.37. The Hall–Kier alpha value is -4.30. The van der Waals surface area contributed by atoms with Gasteiger partial charge in [0.1, 0.15) is 24.1 Å². The third-order valence-electron chi connectivity index (χ3n) is 8.62. The summed E-state index contributed by atoms with van der Waals surface area (Å²) < 4.78 is 37.0. The number of hydrogen-bond donors (Lipinski definition) is 0. The molecule has 2 saturated heterocycles. The minimum atomic E-state index is -0.720. The van der Waals surface area contributed by atoms with Gasteiger partial charge in [0.25, 0.3) is 0 Å². The van der Waals surface area contributed by atoms with Crippen LogP contribution >= 0.6 is 0 Å². The van der Waals surface area contributed by atoms with Gasteiger partial charge in [-0.2, -0.15) is 10.2 Å². The summed E-state index contributed by atoms with van der Waals surface area (Å²) >= 11 is 0. The van der Waals surface area contributed by atoms with E-state index >= 15 is 4.39 Å². The number of aryl methyl sites for hydroxylation is 1. The molecule has 0 aliphatic carbocycles. The van der Waals surface area contributed by atoms with E-state index in [1.165, 1.54) is 18.2 Å². The average Bonchev–Trinajstić information content (AvgIpc) is 2.94. The lowest BCUT2D eigenvalue weighted by Crippen LogP contribution is -2.55. The first-order chi connectivity index (χ1) is 20.3. The first-order valence-corrected chi connectivity index (χ1v) is 14.3. The molecular weight excluding hydrogens is 542 g/mol. The zero-order chi connectivity index (χ0) is 29.5. The number of nitriles is 1. The Bertz CT molecular complexity index is 1680. The normalized spacial score (nSPS) is 20.1. The number of carbonyl (C=O) groups excluding carboxylic acids is 1. The second-order valence-corrected chi connectivity index (χ2v) is 11.2. The van der Waals surface area contributed by atoms with Crippen molar-refractivity contribution in [1.82, 2.24) is 19.4 Å². The first-order valence-electron chi connectivity index (χ1n) is 14.3. The van der Waals surface area contributed by atoms with Gasteiger partial charge in [-0.3, -0.25) is 9.36 Å². The first kappa shape index (κ1) is 27.8. The molecule has 0 saturated carbocycles. The Kier molecular flexibility index (Phi) is 7.41. The predicted molar refractivity (Wildman–Crippen MR) is 154 cm³/mol. The predicted octanol–water partition coefficient (Wildman–Crippen LogP) is 3.80. The number of likely N-dealkylation sites (tertiary alicyclic amines) is 1. The monoisotopic (exact) mass is 574 g/mol. The number of nitrogens with zero attached hydrogens (tertiary/aromatic N) is 6. The van der Waals surface area contributed by atoms with E-state index in [9.17, 15) is 19.2 Å². The molecule has 2 atom stereocenters. The molecule has 1 aromatic heterocycles. The van der Waals surface area contributed by atoms with Crippen molar-refractivity contribution in [3.05, 3.63) is 64.6 Å². The van der Waals surface area contributed by atoms with Gasteiger partial charge in [-0.15, -0.1) is 0 Å². The second-order valence-electron chi connectivity index (χ2n) is 11.2. The van der Waals surface area contributed by atoms with E-state index in [2.05, 4.69) is 22.5 Å². The second kappa shape index (κ2) is 11.2. The highest BCUT2D eigenvalue weighted by atomic mass is 19.1. The molecule has 0 radical (unpaired) electrons. The summed E-state index contributed by atoms with van der Waals surface area (Å²) in [6.45, 7) is 9.55. The van der Waals surface area contributed by atoms with E-state index < -0.39 is 23.4 Å². The lowest BCUT2D eigenvalue weighted by Gasteiger charge is -2.41. The van der Waals surface area contributed by atoms with Crippen molar-refractivity contribution < 1.29 is 18.3 Å². The molecule has 9 nitrogen and oxygen atoms in total. The number of hydrogen-bond acceptors (Lipinski definition) is 7. The summed E-state index contributed by atoms with van der Waals surface area (Å²) in [7, 11) is 0. The quantitative estimate of drug-likeness (QED) is 0.397. The molecule has 0 N–H and O–H groups in total. The lowest BCUT2D eigenvalue weighted by atomic mass is 9.94. The maximum Gasteiger partial charge on any atom is 0.350 e. The Morgan fingerprint density at radius 2 is 2.02 bits per heavy atom. The van der Waals surface area contributed by atoms with Crippen molar-refractivity contribution >= 4 is 22.6 Å². The minimum absolute atomic E-state index is 0.116. The molecule has 1 unspecified atom stereocenters. The third kappa shape index (κ3) is 4.79. The van der Waals surface area contributed by atoms with Crippen LogP contribution in [0.4, 0.5) is 14.6 Å². The molecule has 4 heterocycles. The molecule has 2 fully saturated rings. The zero-order valence-electron chi connectivity index (χ0n) is 23.5. The van der Waals surface area contributed by atoms with Gasteiger partial charge in [-0.1, -0.05) is 6.58 Å². The van der Waals surface area contributed by atoms with Crippen LogP contribution in [0.2, 0.25) is 0 Å². The molecule has 3 aromatic rings. The van der Waals surface area contributed by atoms with Crippen LogP contribution in [0.15, 0.2) is 41.7 Å². The van der Waals surface area contributed by atoms with Gasteiger partial charge in [0.2, 0.25) is 5.91 Å². The van der Waals surface area contributed by atoms with Crippen molar-refractivity contribution in [3.8, 4) is 22.9 Å². The molecule has 0 bridgehead atoms. The third-order valence-corrected chi connectivity index (χ3v) is 8.62. The van der Waals surface area contributed by atoms with Crippen LogP contribution in [-0.4, -0.2) is 77.2 Å². The van der Waals surface area contributed by atoms with Crippen molar-refractivity contribution in [2.45, 2.75) is 38.3 Å². The molecule has 0 spiro atoms. The topological polar surface area (TPSA) is 94.7 Å². The number of ether oxygens (including phenoxy) is 1. The van der Waals surface area contributed by atoms with E-state index in [-0.39, 0.29) is 30.5 Å². The van der Waals surface area contributed by atoms with Gasteiger partial charge >= 0.3 is 5.69 Å². The Morgan fingerprint density at radius 3 is 2.71 bits per heavy atom. The summed E-state index contributed by atoms with van der Waals surface area (Å²) in [5, 5.41) is 10.1. The molecule has 3 aliphatic heterocycles. The number of amides is 1. The van der Waals surface area contributed by atoms with Crippen molar-refractivity contribution in [3.63, 3.8) is 0 Å². The van der Waals surface area contributed by atoms with Crippen molar-refractivity contribution in [2.75, 3.05) is 50.8 Å². The van der Waals surface area contributed by atoms with Gasteiger partial charge < -0.3 is 19.4 Å². The molecule has 1 amide bonds. The Labute approximate surface area is 242 Å². The van der Waals surface area contributed by atoms with Gasteiger partial charge in [0.05, 0.1) is 30.1 Å². The number of benzene rings is 2. The number of aromatic nitrogens is 2. The van der Waals surface area contributed by atoms with E-state index in [0.29, 0.717) is 59.7 Å². The van der Waals surface area contributed by atoms with Gasteiger partial charge in [-0.05, 0) is 62.7 Å². The summed E-state index contributed by atoms with van der Waals surface area (Å²) in [4.78, 5) is 36.8. The molecule has 218 valence electrons. The van der Waals surface area contributed by atoms with Crippen LogP contribution in [0, 0.1) is 29.9 Å². The minimum Gasteiger partial charge on any atom is -0.489 e. The molecule has 3 aliphatic rings. The van der Waals surface area contributed by atoms with E-state index in [0.717, 1.165) is 32.1 Å². The number of anilines is 1. The van der Waals surface area contributed by atoms with E-state index in [1.807, 2.05) is 17.9 Å². The maximum absolute atomic E-state index is 15.1. The Balaban J connectivity index is 1.51. The van der Waals surface area contributed by atoms with Crippen LogP contribution in [0.5, 0.6) is 5.75 Å². The Morgan fingerprint density at radius 1 is 1.21 bits per heavy atom. The average molecular weight is 575 g/mol. The van der Waals surface area contributed by atoms with E-state index in [4.69, 9.17) is 4.74 Å². The summed E-state index contributed by atoms with van der Waals surface area (Å²) in [5.41, 5.74) is 1.43. The molecule has 42 heavy (non-hydrogen) atoms. The fraction of sp³-hybridized carbons (Fsp3) is 0.419. The lowest BCUT2D eigenvalue weighted by molar-refractivity contribution is -0.128. The van der Waals surface area contributed by atoms with Crippen LogP contribution < -0.4 is 15.3 Å². The van der Waals surface area contributed by atoms with Gasteiger partial charge in [0, 0.05) is 48.8 Å². The highest BCUT2D eigenvalue weighted by molar-refractivity contribution is 6.00. The standard InChI is InChI=1S/C31H32F2N6O3/c1-3-26(40)38-14-13-37(17-21(38)7-9-34)30-24-15-19(2)27(23-6-5-20(32)16-25(23)33)29-28(24)39(31(41)35-30)22(18-42-29)8-12-36-10-4-11-36/h3,5-6,15-16,21-22H,1,4,7-8,10-14,17-18H2,2H3/t21-,22?/m0/s1. The highest BCUT2D eigenvalue weighted by Crippen LogP contribution is 2.45. The van der Waals surface area contributed by atoms with Gasteiger partial charge in [-0.25, -0.2) is 13.6 Å². The summed E-state index contributed by atoms with van der Waals surface area (Å²) in [6.07, 6.45) is 3.21. The largest absolute Gasteiger partial charge is 0.489 e. The van der Waals surface area contributed by atoms with Crippen LogP contribution in [0.25, 0.3) is 22.0 Å². The van der Waals surface area contributed by atoms with Crippen LogP contribution in [-0.2, 0) is 4.79 Å². The van der Waals surface area contributed by atoms with Gasteiger partial charge in [0.15, 0.2) is 5.75 Å². The zero-order valence-corrected chi connectivity index (χ0v) is 23.5. The number of carbonyl (C=O) groups is 1. The molecule has 2 aromatic carbocycles. The summed E-state index contributed by atoms with van der Waals surface area (Å²) in [6, 6.07) is 6.80. The number of halogens is 2. The van der Waals surface area contributed by atoms with Crippen LogP contribution in [0.3, 0.4) is 0 Å². The SMILES string of the molecule is C=CC(=O)N1CCN(c2nc(=O)n3c4c(c(-c5ccc(F)cc5F)c(C)cc24)OCC3CCN2CCC2)C[C@@H]1CC#N. The van der Waals surface area contributed by atoms with Crippen molar-refractivity contribution in [1.29, 1.82) is 5.26 Å².